The first-order chi connectivity index (χ1) is 20.1. The van der Waals surface area contributed by atoms with Crippen LogP contribution in [0.5, 0.6) is 0 Å². The highest BCUT2D eigenvalue weighted by Crippen LogP contribution is 2.47. The smallest absolute Gasteiger partial charge is 0.395 e. The van der Waals surface area contributed by atoms with Crippen LogP contribution in [-0.4, -0.2) is 79.1 Å². The molecule has 1 aromatic carbocycles. The van der Waals surface area contributed by atoms with Gasteiger partial charge in [-0.05, 0) is 55.0 Å². The molecule has 3 fully saturated rings. The molecule has 2 N–H and O–H groups in total. The SMILES string of the molecule is O=S1(=O)CCOCc2sc(-c3nc(Nc4ccc(N5C[C@H]6C[C@@H]5CN6CCO)cc4C4CC4)ncc3C(F)(F)F)cc21. The summed E-state index contributed by atoms with van der Waals surface area (Å²) in [5, 5.41) is 12.5. The fourth-order valence-corrected chi connectivity index (χ4v) is 9.17. The second-order valence-electron chi connectivity index (χ2n) is 11.3. The average Bonchev–Trinajstić information content (AvgIpc) is 3.43. The number of hydrogen-bond donors (Lipinski definition) is 2. The summed E-state index contributed by atoms with van der Waals surface area (Å²) in [7, 11) is -3.67. The topological polar surface area (TPSA) is 108 Å². The van der Waals surface area contributed by atoms with E-state index in [4.69, 9.17) is 4.74 Å². The second kappa shape index (κ2) is 10.4. The molecule has 14 heteroatoms. The van der Waals surface area contributed by atoms with Gasteiger partial charge < -0.3 is 20.1 Å². The molecule has 9 nitrogen and oxygen atoms in total. The summed E-state index contributed by atoms with van der Waals surface area (Å²) in [6.07, 6.45) is -0.839. The van der Waals surface area contributed by atoms with Crippen molar-refractivity contribution in [3.8, 4) is 10.6 Å². The van der Waals surface area contributed by atoms with E-state index >= 15 is 0 Å². The molecule has 4 aliphatic rings. The summed E-state index contributed by atoms with van der Waals surface area (Å²) in [6, 6.07) is 8.24. The van der Waals surface area contributed by atoms with Gasteiger partial charge in [0.15, 0.2) is 9.84 Å². The van der Waals surface area contributed by atoms with E-state index in [9.17, 15) is 26.7 Å². The summed E-state index contributed by atoms with van der Waals surface area (Å²) in [4.78, 5) is 13.5. The lowest BCUT2D eigenvalue weighted by Crippen LogP contribution is -2.47. The molecule has 5 heterocycles. The lowest BCUT2D eigenvalue weighted by atomic mass is 10.1. The number of sulfone groups is 1. The average molecular weight is 622 g/mol. The number of rotatable bonds is 7. The van der Waals surface area contributed by atoms with Crippen LogP contribution in [0.3, 0.4) is 0 Å². The third-order valence-electron chi connectivity index (χ3n) is 8.53. The van der Waals surface area contributed by atoms with E-state index in [2.05, 4.69) is 31.2 Å². The number of hydrogen-bond acceptors (Lipinski definition) is 10. The molecule has 2 atom stereocenters. The van der Waals surface area contributed by atoms with E-state index in [-0.39, 0.29) is 47.0 Å². The Morgan fingerprint density at radius 2 is 2.00 bits per heavy atom. The van der Waals surface area contributed by atoms with Crippen LogP contribution in [-0.2, 0) is 27.4 Å². The highest BCUT2D eigenvalue weighted by atomic mass is 32.2. The van der Waals surface area contributed by atoms with Crippen LogP contribution in [0.25, 0.3) is 10.6 Å². The number of benzene rings is 1. The third-order valence-corrected chi connectivity index (χ3v) is 11.5. The Kier molecular flexibility index (Phi) is 6.96. The number of aromatic nitrogens is 2. The molecule has 0 radical (unpaired) electrons. The number of β-amino-alcohol motifs (C(OH)–C–C–N with tert-alkyl or cyclic N) is 1. The largest absolute Gasteiger partial charge is 0.420 e. The van der Waals surface area contributed by atoms with Gasteiger partial charge in [-0.3, -0.25) is 4.90 Å². The molecular weight excluding hydrogens is 591 g/mol. The number of likely N-dealkylation sites (tertiary alicyclic amines) is 1. The lowest BCUT2D eigenvalue weighted by molar-refractivity contribution is -0.137. The van der Waals surface area contributed by atoms with Crippen LogP contribution in [0.15, 0.2) is 35.4 Å². The van der Waals surface area contributed by atoms with Crippen LogP contribution in [0.2, 0.25) is 0 Å². The number of alkyl halides is 3. The predicted molar refractivity (Wildman–Crippen MR) is 152 cm³/mol. The summed E-state index contributed by atoms with van der Waals surface area (Å²) >= 11 is 0.947. The first-order valence-electron chi connectivity index (χ1n) is 14.0. The lowest BCUT2D eigenvalue weighted by Gasteiger charge is -2.35. The minimum absolute atomic E-state index is 0.00273. The summed E-state index contributed by atoms with van der Waals surface area (Å²) in [5.41, 5.74) is 1.56. The molecular formula is C28H30F3N5O4S2. The van der Waals surface area contributed by atoms with E-state index in [1.54, 1.807) is 0 Å². The van der Waals surface area contributed by atoms with Gasteiger partial charge in [0.25, 0.3) is 0 Å². The summed E-state index contributed by atoms with van der Waals surface area (Å²) < 4.78 is 72.9. The molecule has 3 aliphatic heterocycles. The van der Waals surface area contributed by atoms with Gasteiger partial charge in [-0.15, -0.1) is 11.3 Å². The molecule has 2 bridgehead atoms. The van der Waals surface area contributed by atoms with Crippen molar-refractivity contribution in [3.63, 3.8) is 0 Å². The number of piperazine rings is 1. The predicted octanol–water partition coefficient (Wildman–Crippen LogP) is 4.40. The number of nitrogens with one attached hydrogen (secondary N) is 1. The number of anilines is 3. The normalized spacial score (nSPS) is 23.7. The molecule has 0 spiro atoms. The standard InChI is InChI=1S/C28H30F3N5O4S2/c29-28(30,31)21-12-32-27(34-26(21)23-11-25-24(41-23)15-40-7-8-42(25,38)39)33-22-4-3-17(10-20(22)16-1-2-16)36-14-18-9-19(36)13-35(18)5-6-37/h3-4,10-12,16,18-19,37H,1-2,5-9,13-15H2,(H,32,33,34)/t18-,19-/m1/s1. The van der Waals surface area contributed by atoms with Crippen LogP contribution in [0, 0.1) is 0 Å². The number of nitrogens with zero attached hydrogens (tertiary/aromatic N) is 4. The van der Waals surface area contributed by atoms with Gasteiger partial charge in [0.2, 0.25) is 5.95 Å². The molecule has 2 aromatic heterocycles. The van der Waals surface area contributed by atoms with Crippen molar-refractivity contribution < 1.29 is 31.4 Å². The van der Waals surface area contributed by atoms with Gasteiger partial charge in [0, 0.05) is 54.2 Å². The molecule has 0 unspecified atom stereocenters. The van der Waals surface area contributed by atoms with E-state index in [0.29, 0.717) is 29.4 Å². The number of ether oxygens (including phenoxy) is 1. The summed E-state index contributed by atoms with van der Waals surface area (Å²) in [5.74, 6) is 0.138. The number of fused-ring (bicyclic) bond motifs is 3. The maximum Gasteiger partial charge on any atom is 0.420 e. The quantitative estimate of drug-likeness (QED) is 0.397. The molecule has 7 rings (SSSR count). The highest BCUT2D eigenvalue weighted by Gasteiger charge is 2.43. The molecule has 3 aromatic rings. The number of halogens is 3. The van der Waals surface area contributed by atoms with Crippen molar-refractivity contribution in [2.24, 2.45) is 0 Å². The van der Waals surface area contributed by atoms with Crippen LogP contribution < -0.4 is 10.2 Å². The van der Waals surface area contributed by atoms with Gasteiger partial charge in [-0.25, -0.2) is 18.4 Å². The Balaban J connectivity index is 1.20. The fourth-order valence-electron chi connectivity index (χ4n) is 6.34. The Hall–Kier alpha value is -2.78. The van der Waals surface area contributed by atoms with Crippen molar-refractivity contribution in [1.29, 1.82) is 0 Å². The number of aliphatic hydroxyl groups is 1. The van der Waals surface area contributed by atoms with Crippen molar-refractivity contribution in [1.82, 2.24) is 14.9 Å². The van der Waals surface area contributed by atoms with Crippen molar-refractivity contribution in [3.05, 3.63) is 46.5 Å². The highest BCUT2D eigenvalue weighted by molar-refractivity contribution is 7.91. The van der Waals surface area contributed by atoms with Crippen molar-refractivity contribution >= 4 is 38.5 Å². The molecule has 224 valence electrons. The zero-order valence-corrected chi connectivity index (χ0v) is 24.2. The Bertz CT molecular complexity index is 1630. The molecule has 42 heavy (non-hydrogen) atoms. The first-order valence-corrected chi connectivity index (χ1v) is 16.5. The second-order valence-corrected chi connectivity index (χ2v) is 14.5. The Morgan fingerprint density at radius 1 is 1.17 bits per heavy atom. The minimum Gasteiger partial charge on any atom is -0.395 e. The third kappa shape index (κ3) is 5.17. The van der Waals surface area contributed by atoms with Crippen LogP contribution >= 0.6 is 11.3 Å². The zero-order chi connectivity index (χ0) is 29.2. The Morgan fingerprint density at radius 3 is 2.71 bits per heavy atom. The van der Waals surface area contributed by atoms with E-state index in [1.807, 2.05) is 12.1 Å². The van der Waals surface area contributed by atoms with Crippen LogP contribution in [0.1, 0.15) is 41.2 Å². The monoisotopic (exact) mass is 621 g/mol. The molecule has 0 amide bonds. The molecule has 1 aliphatic carbocycles. The van der Waals surface area contributed by atoms with E-state index in [0.717, 1.165) is 66.8 Å². The molecule has 1 saturated carbocycles. The van der Waals surface area contributed by atoms with Gasteiger partial charge in [0.05, 0.1) is 41.0 Å². The van der Waals surface area contributed by atoms with Gasteiger partial charge in [0.1, 0.15) is 5.56 Å². The van der Waals surface area contributed by atoms with Crippen molar-refractivity contribution in [2.75, 3.05) is 48.8 Å². The van der Waals surface area contributed by atoms with E-state index in [1.165, 1.54) is 6.07 Å². The number of thiophene rings is 1. The Labute approximate surface area is 245 Å². The number of aliphatic hydroxyl groups excluding tert-OH is 1. The van der Waals surface area contributed by atoms with Gasteiger partial charge >= 0.3 is 6.18 Å². The van der Waals surface area contributed by atoms with Gasteiger partial charge in [-0.2, -0.15) is 13.2 Å². The van der Waals surface area contributed by atoms with Crippen LogP contribution in [0.4, 0.5) is 30.5 Å². The first kappa shape index (κ1) is 28.0. The van der Waals surface area contributed by atoms with Crippen molar-refractivity contribution in [2.45, 2.75) is 54.9 Å². The maximum absolute atomic E-state index is 14.0. The van der Waals surface area contributed by atoms with E-state index < -0.39 is 21.6 Å². The summed E-state index contributed by atoms with van der Waals surface area (Å²) in [6.45, 7) is 2.73. The van der Waals surface area contributed by atoms with Gasteiger partial charge in [-0.1, -0.05) is 0 Å². The molecule has 2 saturated heterocycles. The fraction of sp³-hybridized carbons (Fsp3) is 0.500. The maximum atomic E-state index is 14.0. The minimum atomic E-state index is -4.73. The zero-order valence-electron chi connectivity index (χ0n) is 22.6.